The van der Waals surface area contributed by atoms with Gasteiger partial charge in [-0.05, 0) is 70.2 Å². The summed E-state index contributed by atoms with van der Waals surface area (Å²) in [7, 11) is 0. The standard InChI is InChI=1S/C30H36N8O2/c1-5-38-20-25(28(35-38)22-7-6-13-31-19-22)26-12-14-32-29(34-26)33-23-8-10-24(11-9-23)37-17-15-36(16-18-37)21-27(39)40-30(2,3)4/h6-14,19-20H,5,15-18,21H2,1-4H3,(H,32,33,34). The Kier molecular flexibility index (Phi) is 8.06. The van der Waals surface area contributed by atoms with Crippen LogP contribution in [0.3, 0.4) is 0 Å². The van der Waals surface area contributed by atoms with E-state index in [-0.39, 0.29) is 5.97 Å². The number of hydrogen-bond acceptors (Lipinski definition) is 9. The summed E-state index contributed by atoms with van der Waals surface area (Å²) in [4.78, 5) is 30.1. The van der Waals surface area contributed by atoms with Gasteiger partial charge in [0.25, 0.3) is 0 Å². The molecule has 1 aliphatic heterocycles. The Labute approximate surface area is 235 Å². The van der Waals surface area contributed by atoms with Crippen LogP contribution >= 0.6 is 0 Å². The topological polar surface area (TPSA) is 101 Å². The molecule has 40 heavy (non-hydrogen) atoms. The Morgan fingerprint density at radius 2 is 1.80 bits per heavy atom. The molecule has 208 valence electrons. The summed E-state index contributed by atoms with van der Waals surface area (Å²) in [5.74, 6) is 0.345. The third-order valence-corrected chi connectivity index (χ3v) is 6.59. The van der Waals surface area contributed by atoms with Gasteiger partial charge in [0.1, 0.15) is 11.3 Å². The molecule has 0 aliphatic carbocycles. The number of aryl methyl sites for hydroxylation is 1. The Morgan fingerprint density at radius 1 is 1.02 bits per heavy atom. The van der Waals surface area contributed by atoms with E-state index in [1.54, 1.807) is 12.4 Å². The molecule has 5 rings (SSSR count). The molecule has 0 saturated carbocycles. The third kappa shape index (κ3) is 6.81. The maximum atomic E-state index is 12.2. The molecule has 10 nitrogen and oxygen atoms in total. The number of rotatable bonds is 8. The zero-order valence-corrected chi connectivity index (χ0v) is 23.5. The highest BCUT2D eigenvalue weighted by molar-refractivity contribution is 5.78. The van der Waals surface area contributed by atoms with Crippen molar-refractivity contribution in [3.63, 3.8) is 0 Å². The van der Waals surface area contributed by atoms with Crippen LogP contribution in [0.15, 0.2) is 67.3 Å². The number of piperazine rings is 1. The van der Waals surface area contributed by atoms with Crippen molar-refractivity contribution in [3.8, 4) is 22.5 Å². The van der Waals surface area contributed by atoms with Crippen LogP contribution in [0.25, 0.3) is 22.5 Å². The second-order valence-electron chi connectivity index (χ2n) is 10.8. The molecule has 0 unspecified atom stereocenters. The minimum absolute atomic E-state index is 0.171. The van der Waals surface area contributed by atoms with Crippen molar-refractivity contribution in [3.05, 3.63) is 67.3 Å². The summed E-state index contributed by atoms with van der Waals surface area (Å²) in [5.41, 5.74) is 5.10. The fourth-order valence-electron chi connectivity index (χ4n) is 4.66. The zero-order valence-electron chi connectivity index (χ0n) is 23.5. The number of benzene rings is 1. The van der Waals surface area contributed by atoms with Crippen LogP contribution in [0.1, 0.15) is 27.7 Å². The number of esters is 1. The lowest BCUT2D eigenvalue weighted by atomic mass is 10.1. The normalized spacial score (nSPS) is 14.2. The van der Waals surface area contributed by atoms with Crippen molar-refractivity contribution in [2.45, 2.75) is 39.8 Å². The van der Waals surface area contributed by atoms with Crippen LogP contribution < -0.4 is 10.2 Å². The van der Waals surface area contributed by atoms with Crippen LogP contribution in [0.2, 0.25) is 0 Å². The first-order valence-corrected chi connectivity index (χ1v) is 13.6. The van der Waals surface area contributed by atoms with E-state index >= 15 is 0 Å². The number of carbonyl (C=O) groups excluding carboxylic acids is 1. The molecule has 3 aromatic heterocycles. The van der Waals surface area contributed by atoms with Gasteiger partial charge in [0, 0.05) is 80.0 Å². The zero-order chi connectivity index (χ0) is 28.1. The number of anilines is 3. The summed E-state index contributed by atoms with van der Waals surface area (Å²) < 4.78 is 7.37. The van der Waals surface area contributed by atoms with Crippen LogP contribution in [-0.2, 0) is 16.1 Å². The van der Waals surface area contributed by atoms with E-state index in [1.165, 1.54) is 0 Å². The SMILES string of the molecule is CCn1cc(-c2ccnc(Nc3ccc(N4CCN(CC(=O)OC(C)(C)C)CC4)cc3)n2)c(-c2cccnc2)n1. The fourth-order valence-corrected chi connectivity index (χ4v) is 4.66. The largest absolute Gasteiger partial charge is 0.459 e. The van der Waals surface area contributed by atoms with Crippen molar-refractivity contribution < 1.29 is 9.53 Å². The fraction of sp³-hybridized carbons (Fsp3) is 0.367. The molecule has 1 aromatic carbocycles. The van der Waals surface area contributed by atoms with E-state index in [1.807, 2.05) is 68.2 Å². The van der Waals surface area contributed by atoms with Gasteiger partial charge in [0.2, 0.25) is 5.95 Å². The number of ether oxygens (including phenoxy) is 1. The molecule has 1 N–H and O–H groups in total. The molecule has 1 aliphatic rings. The monoisotopic (exact) mass is 540 g/mol. The molecule has 0 radical (unpaired) electrons. The summed E-state index contributed by atoms with van der Waals surface area (Å²) in [5, 5.41) is 8.07. The van der Waals surface area contributed by atoms with Gasteiger partial charge < -0.3 is 15.0 Å². The van der Waals surface area contributed by atoms with Crippen molar-refractivity contribution in [2.75, 3.05) is 42.9 Å². The summed E-state index contributed by atoms with van der Waals surface area (Å²) in [6.45, 7) is 12.2. The van der Waals surface area contributed by atoms with Gasteiger partial charge in [-0.15, -0.1) is 0 Å². The van der Waals surface area contributed by atoms with Crippen LogP contribution in [-0.4, -0.2) is 73.9 Å². The quantitative estimate of drug-likeness (QED) is 0.321. The second kappa shape index (κ2) is 11.8. The Balaban J connectivity index is 1.22. The smallest absolute Gasteiger partial charge is 0.320 e. The lowest BCUT2D eigenvalue weighted by Gasteiger charge is -2.36. The van der Waals surface area contributed by atoms with E-state index < -0.39 is 5.60 Å². The van der Waals surface area contributed by atoms with E-state index in [2.05, 4.69) is 44.1 Å². The first-order valence-electron chi connectivity index (χ1n) is 13.6. The highest BCUT2D eigenvalue weighted by atomic mass is 16.6. The molecule has 0 bridgehead atoms. The molecule has 4 heterocycles. The maximum Gasteiger partial charge on any atom is 0.320 e. The van der Waals surface area contributed by atoms with Crippen molar-refractivity contribution in [2.24, 2.45) is 0 Å². The van der Waals surface area contributed by atoms with Gasteiger partial charge in [-0.3, -0.25) is 19.4 Å². The number of hydrogen-bond donors (Lipinski definition) is 1. The number of aromatic nitrogens is 5. The minimum atomic E-state index is -0.456. The minimum Gasteiger partial charge on any atom is -0.459 e. The summed E-state index contributed by atoms with van der Waals surface area (Å²) >= 11 is 0. The molecule has 1 saturated heterocycles. The van der Waals surface area contributed by atoms with E-state index in [9.17, 15) is 4.79 Å². The molecule has 0 atom stereocenters. The highest BCUT2D eigenvalue weighted by Crippen LogP contribution is 2.30. The second-order valence-corrected chi connectivity index (χ2v) is 10.8. The number of nitrogens with one attached hydrogen (secondary N) is 1. The van der Waals surface area contributed by atoms with Gasteiger partial charge in [-0.2, -0.15) is 5.10 Å². The Bertz CT molecular complexity index is 1420. The predicted molar refractivity (Wildman–Crippen MR) is 156 cm³/mol. The summed E-state index contributed by atoms with van der Waals surface area (Å²) in [6.07, 6.45) is 7.34. The van der Waals surface area contributed by atoms with Crippen LogP contribution in [0.5, 0.6) is 0 Å². The van der Waals surface area contributed by atoms with Gasteiger partial charge in [0.15, 0.2) is 0 Å². The lowest BCUT2D eigenvalue weighted by molar-refractivity contribution is -0.156. The van der Waals surface area contributed by atoms with Gasteiger partial charge in [0.05, 0.1) is 12.2 Å². The third-order valence-electron chi connectivity index (χ3n) is 6.59. The predicted octanol–water partition coefficient (Wildman–Crippen LogP) is 4.63. The Hall–Kier alpha value is -4.31. The van der Waals surface area contributed by atoms with Crippen molar-refractivity contribution in [1.29, 1.82) is 0 Å². The van der Waals surface area contributed by atoms with Gasteiger partial charge in [-0.1, -0.05) is 0 Å². The molecule has 1 fully saturated rings. The van der Waals surface area contributed by atoms with Crippen LogP contribution in [0.4, 0.5) is 17.3 Å². The number of nitrogens with zero attached hydrogens (tertiary/aromatic N) is 7. The molecule has 4 aromatic rings. The van der Waals surface area contributed by atoms with Gasteiger partial charge >= 0.3 is 5.97 Å². The molecule has 0 amide bonds. The maximum absolute atomic E-state index is 12.2. The first-order chi connectivity index (χ1) is 19.3. The molecule has 0 spiro atoms. The average Bonchev–Trinajstić information content (AvgIpc) is 3.38. The summed E-state index contributed by atoms with van der Waals surface area (Å²) in [6, 6.07) is 14.1. The lowest BCUT2D eigenvalue weighted by Crippen LogP contribution is -2.48. The molecule has 10 heteroatoms. The first kappa shape index (κ1) is 27.3. The van der Waals surface area contributed by atoms with E-state index in [4.69, 9.17) is 14.8 Å². The van der Waals surface area contributed by atoms with E-state index in [0.29, 0.717) is 12.5 Å². The van der Waals surface area contributed by atoms with Crippen molar-refractivity contribution in [1.82, 2.24) is 29.6 Å². The van der Waals surface area contributed by atoms with Gasteiger partial charge in [-0.25, -0.2) is 9.97 Å². The number of carbonyl (C=O) groups is 1. The molecular weight excluding hydrogens is 504 g/mol. The number of pyridine rings is 1. The van der Waals surface area contributed by atoms with Crippen LogP contribution in [0, 0.1) is 0 Å². The average molecular weight is 541 g/mol. The van der Waals surface area contributed by atoms with Crippen molar-refractivity contribution >= 4 is 23.3 Å². The highest BCUT2D eigenvalue weighted by Gasteiger charge is 2.23. The Morgan fingerprint density at radius 3 is 2.48 bits per heavy atom. The van der Waals surface area contributed by atoms with E-state index in [0.717, 1.165) is 66.6 Å². The molecular formula is C30H36N8O2.